The lowest BCUT2D eigenvalue weighted by Crippen LogP contribution is -2.32. The van der Waals surface area contributed by atoms with E-state index in [0.29, 0.717) is 16.6 Å². The molecular weight excluding hydrogens is 584 g/mol. The Hall–Kier alpha value is -6.26. The quantitative estimate of drug-likeness (QED) is 0.134. The first-order valence-corrected chi connectivity index (χ1v) is 14.1. The van der Waals surface area contributed by atoms with Crippen LogP contribution in [-0.4, -0.2) is 52.5 Å². The molecule has 0 unspecified atom stereocenters. The summed E-state index contributed by atoms with van der Waals surface area (Å²) in [6.07, 6.45) is 5.28. The number of aromatic nitrogens is 3. The number of benzene rings is 4. The fourth-order valence-corrected chi connectivity index (χ4v) is 4.24. The Labute approximate surface area is 264 Å². The molecule has 10 nitrogen and oxygen atoms in total. The first-order chi connectivity index (χ1) is 22.2. The molecule has 0 saturated carbocycles. The van der Waals surface area contributed by atoms with Gasteiger partial charge in [-0.2, -0.15) is 0 Å². The van der Waals surface area contributed by atoms with Gasteiger partial charge in [-0.3, -0.25) is 19.7 Å². The molecule has 232 valence electrons. The largest absolute Gasteiger partial charge is 0.508 e. The molecule has 46 heavy (non-hydrogen) atoms. The average Bonchev–Trinajstić information content (AvgIpc) is 3.07. The maximum atomic E-state index is 10.4. The maximum Gasteiger partial charge on any atom is 0.320 e. The number of aromatic hydroxyl groups is 4. The zero-order chi connectivity index (χ0) is 32.9. The number of fused-ring (bicyclic) bond motifs is 3. The topological polar surface area (TPSA) is 183 Å². The molecular formula is C36H32N4O6. The molecule has 0 spiro atoms. The van der Waals surface area contributed by atoms with Gasteiger partial charge in [0.25, 0.3) is 0 Å². The van der Waals surface area contributed by atoms with Gasteiger partial charge in [0.15, 0.2) is 0 Å². The Morgan fingerprint density at radius 3 is 1.22 bits per heavy atom. The van der Waals surface area contributed by atoms with Gasteiger partial charge in [-0.05, 0) is 60.5 Å². The predicted molar refractivity (Wildman–Crippen MR) is 178 cm³/mol. The van der Waals surface area contributed by atoms with Gasteiger partial charge in [-0.15, -0.1) is 0 Å². The zero-order valence-electron chi connectivity index (χ0n) is 24.5. The number of nitrogens with two attached hydrogens (primary N) is 1. The molecule has 0 amide bonds. The van der Waals surface area contributed by atoms with E-state index in [2.05, 4.69) is 15.0 Å². The number of rotatable bonds is 3. The van der Waals surface area contributed by atoms with Crippen LogP contribution in [0.1, 0.15) is 5.56 Å². The molecule has 10 heteroatoms. The van der Waals surface area contributed by atoms with Crippen molar-refractivity contribution in [3.05, 3.63) is 139 Å². The van der Waals surface area contributed by atoms with E-state index in [1.165, 1.54) is 12.1 Å². The van der Waals surface area contributed by atoms with E-state index in [-0.39, 0.29) is 29.4 Å². The highest BCUT2D eigenvalue weighted by Gasteiger charge is 2.11. The van der Waals surface area contributed by atoms with Gasteiger partial charge in [0.05, 0.1) is 0 Å². The second-order valence-electron chi connectivity index (χ2n) is 9.87. The lowest BCUT2D eigenvalue weighted by molar-refractivity contribution is -0.138. The highest BCUT2D eigenvalue weighted by Crippen LogP contribution is 2.22. The minimum absolute atomic E-state index is 0.160. The average molecular weight is 617 g/mol. The first kappa shape index (κ1) is 32.6. The number of nitrogens with zero attached hydrogens (tertiary/aromatic N) is 3. The summed E-state index contributed by atoms with van der Waals surface area (Å²) in [6.45, 7) is 0. The van der Waals surface area contributed by atoms with Crippen LogP contribution in [0.3, 0.4) is 0 Å². The fraction of sp³-hybridized carbons (Fsp3) is 0.0556. The number of para-hydroxylation sites is 3. The molecule has 7 aromatic rings. The van der Waals surface area contributed by atoms with Crippen LogP contribution < -0.4 is 5.73 Å². The highest BCUT2D eigenvalue weighted by molar-refractivity contribution is 5.85. The summed E-state index contributed by atoms with van der Waals surface area (Å²) >= 11 is 0. The number of carbonyl (C=O) groups is 1. The highest BCUT2D eigenvalue weighted by atomic mass is 16.4. The van der Waals surface area contributed by atoms with Crippen molar-refractivity contribution in [2.45, 2.75) is 12.5 Å². The molecule has 7 rings (SSSR count). The molecule has 4 aromatic carbocycles. The summed E-state index contributed by atoms with van der Waals surface area (Å²) in [6, 6.07) is 32.8. The van der Waals surface area contributed by atoms with Crippen molar-refractivity contribution < 1.29 is 30.3 Å². The first-order valence-electron chi connectivity index (χ1n) is 14.1. The second-order valence-corrected chi connectivity index (χ2v) is 9.87. The summed E-state index contributed by atoms with van der Waals surface area (Å²) in [5.74, 6) is -0.143. The van der Waals surface area contributed by atoms with E-state index in [1.54, 1.807) is 67.1 Å². The van der Waals surface area contributed by atoms with E-state index < -0.39 is 12.0 Å². The van der Waals surface area contributed by atoms with Crippen LogP contribution in [0.2, 0.25) is 0 Å². The summed E-state index contributed by atoms with van der Waals surface area (Å²) in [5.41, 5.74) is 8.11. The lowest BCUT2D eigenvalue weighted by Gasteiger charge is -2.05. The molecule has 0 radical (unpaired) electrons. The minimum atomic E-state index is -1.02. The molecule has 7 N–H and O–H groups in total. The van der Waals surface area contributed by atoms with Gasteiger partial charge in [0, 0.05) is 34.7 Å². The number of hydrogen-bond acceptors (Lipinski definition) is 9. The van der Waals surface area contributed by atoms with Crippen LogP contribution in [0.4, 0.5) is 0 Å². The number of phenolic OH excluding ortho intramolecular Hbond substituents is 4. The molecule has 0 aliphatic heterocycles. The van der Waals surface area contributed by atoms with E-state index in [1.807, 2.05) is 54.6 Å². The van der Waals surface area contributed by atoms with Crippen molar-refractivity contribution in [1.82, 2.24) is 15.0 Å². The van der Waals surface area contributed by atoms with Crippen molar-refractivity contribution in [3.63, 3.8) is 0 Å². The molecule has 3 aromatic heterocycles. The smallest absolute Gasteiger partial charge is 0.320 e. The molecule has 0 aliphatic rings. The number of aliphatic carboxylic acids is 1. The van der Waals surface area contributed by atoms with Crippen LogP contribution >= 0.6 is 0 Å². The Morgan fingerprint density at radius 1 is 0.543 bits per heavy atom. The molecule has 0 aliphatic carbocycles. The van der Waals surface area contributed by atoms with E-state index in [9.17, 15) is 20.1 Å². The Kier molecular flexibility index (Phi) is 11.4. The summed E-state index contributed by atoms with van der Waals surface area (Å²) in [4.78, 5) is 22.5. The van der Waals surface area contributed by atoms with Crippen LogP contribution in [0, 0.1) is 0 Å². The summed E-state index contributed by atoms with van der Waals surface area (Å²) in [7, 11) is 0. The summed E-state index contributed by atoms with van der Waals surface area (Å²) in [5, 5.41) is 48.3. The van der Waals surface area contributed by atoms with Crippen molar-refractivity contribution >= 4 is 38.7 Å². The normalized spacial score (nSPS) is 10.8. The molecule has 0 saturated heterocycles. The van der Waals surface area contributed by atoms with Crippen LogP contribution in [0.15, 0.2) is 134 Å². The zero-order valence-corrected chi connectivity index (χ0v) is 24.5. The second kappa shape index (κ2) is 16.0. The molecule has 0 bridgehead atoms. The molecule has 0 fully saturated rings. The van der Waals surface area contributed by atoms with Crippen molar-refractivity contribution in [2.24, 2.45) is 5.73 Å². The third-order valence-corrected chi connectivity index (χ3v) is 6.54. The number of pyridine rings is 3. The monoisotopic (exact) mass is 616 g/mol. The van der Waals surface area contributed by atoms with Crippen molar-refractivity contribution in [2.75, 3.05) is 0 Å². The molecule has 1 atom stereocenters. The third-order valence-electron chi connectivity index (χ3n) is 6.54. The summed E-state index contributed by atoms with van der Waals surface area (Å²) < 4.78 is 0. The number of hydrogen-bond donors (Lipinski definition) is 6. The Morgan fingerprint density at radius 2 is 0.891 bits per heavy atom. The van der Waals surface area contributed by atoms with Crippen LogP contribution in [0.25, 0.3) is 32.7 Å². The van der Waals surface area contributed by atoms with Gasteiger partial charge in [0.2, 0.25) is 0 Å². The van der Waals surface area contributed by atoms with Crippen LogP contribution in [0.5, 0.6) is 23.0 Å². The number of carboxylic acids is 1. The number of carboxylic acid groups (broad SMARTS) is 1. The van der Waals surface area contributed by atoms with Crippen molar-refractivity contribution in [3.8, 4) is 23.0 Å². The van der Waals surface area contributed by atoms with Crippen LogP contribution in [-0.2, 0) is 11.2 Å². The fourth-order valence-electron chi connectivity index (χ4n) is 4.24. The molecule has 3 heterocycles. The number of phenols is 4. The predicted octanol–water partition coefficient (Wildman–Crippen LogP) is 6.17. The van der Waals surface area contributed by atoms with Gasteiger partial charge in [0.1, 0.15) is 45.6 Å². The lowest BCUT2D eigenvalue weighted by atomic mass is 10.1. The van der Waals surface area contributed by atoms with E-state index in [4.69, 9.17) is 15.9 Å². The maximum absolute atomic E-state index is 10.4. The van der Waals surface area contributed by atoms with Gasteiger partial charge in [-0.1, -0.05) is 66.7 Å². The van der Waals surface area contributed by atoms with Gasteiger partial charge >= 0.3 is 5.97 Å². The van der Waals surface area contributed by atoms with E-state index >= 15 is 0 Å². The van der Waals surface area contributed by atoms with E-state index in [0.717, 1.165) is 21.7 Å². The SMILES string of the molecule is N[C@@H](Cc1ccc(O)cc1)C(=O)O.Oc1cccc2cccnc12.Oc1cccc2cccnc12.Oc1cccc2cccnc12. The Balaban J connectivity index is 0.000000139. The standard InChI is InChI=1S/C9H11NO3.3C9H7NO/c10-8(9(12)13)5-6-1-3-7(11)4-2-6;3*11-8-5-1-3-7-4-2-6-10-9(7)8/h1-4,8,11H,5,10H2,(H,12,13);3*1-6,11H/t8-;;;/m0.../s1. The van der Waals surface area contributed by atoms with Gasteiger partial charge in [-0.25, -0.2) is 0 Å². The third kappa shape index (κ3) is 9.12. The minimum Gasteiger partial charge on any atom is -0.508 e. The van der Waals surface area contributed by atoms with Gasteiger partial charge < -0.3 is 31.3 Å². The van der Waals surface area contributed by atoms with Crippen molar-refractivity contribution in [1.29, 1.82) is 0 Å². The Bertz CT molecular complexity index is 1840.